The van der Waals surface area contributed by atoms with Gasteiger partial charge in [-0.1, -0.05) is 71.2 Å². The lowest BCUT2D eigenvalue weighted by Crippen LogP contribution is -2.41. The zero-order chi connectivity index (χ0) is 23.1. The van der Waals surface area contributed by atoms with E-state index in [4.69, 9.17) is 23.2 Å². The van der Waals surface area contributed by atoms with Crippen molar-refractivity contribution < 1.29 is 13.2 Å². The van der Waals surface area contributed by atoms with Gasteiger partial charge in [0, 0.05) is 6.54 Å². The van der Waals surface area contributed by atoms with Crippen LogP contribution in [0.4, 0.5) is 5.69 Å². The van der Waals surface area contributed by atoms with Crippen molar-refractivity contribution in [2.24, 2.45) is 0 Å². The summed E-state index contributed by atoms with van der Waals surface area (Å²) in [6.45, 7) is 2.10. The number of amides is 1. The van der Waals surface area contributed by atoms with Crippen molar-refractivity contribution in [3.63, 3.8) is 0 Å². The third-order valence-corrected chi connectivity index (χ3v) is 7.38. The summed E-state index contributed by atoms with van der Waals surface area (Å²) in [6.07, 6.45) is 1.56. The Labute approximate surface area is 199 Å². The number of nitrogens with zero attached hydrogens (tertiary/aromatic N) is 1. The Kier molecular flexibility index (Phi) is 8.18. The van der Waals surface area contributed by atoms with Crippen LogP contribution < -0.4 is 9.62 Å². The van der Waals surface area contributed by atoms with Gasteiger partial charge in [0.15, 0.2) is 0 Å². The number of halogens is 2. The first-order valence-electron chi connectivity index (χ1n) is 10.1. The highest BCUT2D eigenvalue weighted by atomic mass is 35.5. The molecule has 1 amide bonds. The summed E-state index contributed by atoms with van der Waals surface area (Å²) in [4.78, 5) is 12.7. The lowest BCUT2D eigenvalue weighted by Gasteiger charge is -2.24. The van der Waals surface area contributed by atoms with E-state index in [9.17, 15) is 13.2 Å². The number of anilines is 1. The zero-order valence-electron chi connectivity index (χ0n) is 17.6. The highest BCUT2D eigenvalue weighted by Crippen LogP contribution is 2.30. The van der Waals surface area contributed by atoms with Crippen LogP contribution >= 0.6 is 23.2 Å². The second-order valence-corrected chi connectivity index (χ2v) is 10.0. The molecule has 5 nitrogen and oxygen atoms in total. The molecule has 3 aromatic rings. The average Bonchev–Trinajstić information content (AvgIpc) is 2.77. The molecule has 0 unspecified atom stereocenters. The van der Waals surface area contributed by atoms with Gasteiger partial charge in [0.1, 0.15) is 6.54 Å². The third-order valence-electron chi connectivity index (χ3n) is 4.86. The molecular weight excluding hydrogens is 467 g/mol. The molecule has 0 aliphatic rings. The Morgan fingerprint density at radius 3 is 2.38 bits per heavy atom. The fourth-order valence-electron chi connectivity index (χ4n) is 3.25. The Hall–Kier alpha value is -2.54. The lowest BCUT2D eigenvalue weighted by atomic mass is 10.1. The van der Waals surface area contributed by atoms with Crippen LogP contribution in [-0.2, 0) is 21.2 Å². The fourth-order valence-corrected chi connectivity index (χ4v) is 4.98. The Balaban J connectivity index is 1.72. The highest BCUT2D eigenvalue weighted by Gasteiger charge is 2.27. The van der Waals surface area contributed by atoms with Gasteiger partial charge in [-0.3, -0.25) is 9.10 Å². The van der Waals surface area contributed by atoms with E-state index in [1.807, 2.05) is 25.1 Å². The molecule has 0 heterocycles. The topological polar surface area (TPSA) is 66.5 Å². The molecule has 0 aliphatic heterocycles. The van der Waals surface area contributed by atoms with Crippen LogP contribution in [0.3, 0.4) is 0 Å². The number of carbonyl (C=O) groups excluding carboxylic acids is 1. The maximum absolute atomic E-state index is 13.3. The van der Waals surface area contributed by atoms with Gasteiger partial charge in [0.25, 0.3) is 10.0 Å². The van der Waals surface area contributed by atoms with E-state index in [1.165, 1.54) is 41.5 Å². The van der Waals surface area contributed by atoms with Crippen LogP contribution in [0.25, 0.3) is 0 Å². The number of sulfonamides is 1. The zero-order valence-corrected chi connectivity index (χ0v) is 19.9. The first-order valence-corrected chi connectivity index (χ1v) is 12.3. The second kappa shape index (κ2) is 10.9. The van der Waals surface area contributed by atoms with Gasteiger partial charge in [-0.15, -0.1) is 0 Å². The molecular formula is C24H24Cl2N2O3S. The molecule has 0 fully saturated rings. The third kappa shape index (κ3) is 6.25. The van der Waals surface area contributed by atoms with Crippen LogP contribution in [-0.4, -0.2) is 27.4 Å². The van der Waals surface area contributed by atoms with Crippen LogP contribution in [0.15, 0.2) is 77.7 Å². The second-order valence-electron chi connectivity index (χ2n) is 7.37. The van der Waals surface area contributed by atoms with E-state index in [0.29, 0.717) is 11.6 Å². The summed E-state index contributed by atoms with van der Waals surface area (Å²) in [5.41, 5.74) is 2.65. The predicted octanol–water partition coefficient (Wildman–Crippen LogP) is 5.25. The maximum atomic E-state index is 13.3. The molecule has 0 saturated carbocycles. The standard InChI is InChI=1S/C24H24Cl2N2O3S/c1-18-7-5-8-19(15-18)9-6-14-27-24(29)17-28(20-12-13-22(25)23(26)16-20)32(30,31)21-10-3-2-4-11-21/h2-5,7-8,10-13,15-16H,6,9,14,17H2,1H3,(H,27,29). The minimum absolute atomic E-state index is 0.0818. The predicted molar refractivity (Wildman–Crippen MR) is 130 cm³/mol. The van der Waals surface area contributed by atoms with Crippen molar-refractivity contribution in [1.82, 2.24) is 5.32 Å². The quantitative estimate of drug-likeness (QED) is 0.416. The molecule has 0 spiro atoms. The van der Waals surface area contributed by atoms with E-state index >= 15 is 0 Å². The normalized spacial score (nSPS) is 11.2. The number of benzene rings is 3. The van der Waals surface area contributed by atoms with Gasteiger partial charge in [-0.2, -0.15) is 0 Å². The van der Waals surface area contributed by atoms with Crippen LogP contribution in [0.5, 0.6) is 0 Å². The molecule has 0 bridgehead atoms. The van der Waals surface area contributed by atoms with Crippen molar-refractivity contribution in [3.05, 3.63) is 94.0 Å². The minimum atomic E-state index is -3.99. The van der Waals surface area contributed by atoms with Gasteiger partial charge in [0.05, 0.1) is 20.6 Å². The monoisotopic (exact) mass is 490 g/mol. The molecule has 32 heavy (non-hydrogen) atoms. The molecule has 0 aromatic heterocycles. The molecule has 1 N–H and O–H groups in total. The van der Waals surface area contributed by atoms with Crippen LogP contribution in [0, 0.1) is 6.92 Å². The summed E-state index contributed by atoms with van der Waals surface area (Å²) in [7, 11) is -3.99. The van der Waals surface area contributed by atoms with E-state index < -0.39 is 15.9 Å². The number of nitrogens with one attached hydrogen (secondary N) is 1. The molecule has 168 valence electrons. The van der Waals surface area contributed by atoms with Crippen molar-refractivity contribution in [3.8, 4) is 0 Å². The largest absolute Gasteiger partial charge is 0.355 e. The molecule has 3 rings (SSSR count). The van der Waals surface area contributed by atoms with Gasteiger partial charge in [-0.25, -0.2) is 8.42 Å². The molecule has 8 heteroatoms. The van der Waals surface area contributed by atoms with E-state index in [2.05, 4.69) is 11.4 Å². The number of hydrogen-bond acceptors (Lipinski definition) is 3. The molecule has 0 atom stereocenters. The Bertz CT molecular complexity index is 1180. The summed E-state index contributed by atoms with van der Waals surface area (Å²) in [5.74, 6) is -0.403. The molecule has 0 saturated heterocycles. The summed E-state index contributed by atoms with van der Waals surface area (Å²) < 4.78 is 27.6. The van der Waals surface area contributed by atoms with Crippen LogP contribution in [0.1, 0.15) is 17.5 Å². The Morgan fingerprint density at radius 2 is 1.69 bits per heavy atom. The average molecular weight is 491 g/mol. The van der Waals surface area contributed by atoms with Crippen molar-refractivity contribution in [2.75, 3.05) is 17.4 Å². The molecule has 0 radical (unpaired) electrons. The van der Waals surface area contributed by atoms with E-state index in [0.717, 1.165) is 17.1 Å². The number of carbonyl (C=O) groups is 1. The highest BCUT2D eigenvalue weighted by molar-refractivity contribution is 7.92. The van der Waals surface area contributed by atoms with Crippen molar-refractivity contribution in [2.45, 2.75) is 24.7 Å². The molecule has 0 aliphatic carbocycles. The van der Waals surface area contributed by atoms with Gasteiger partial charge < -0.3 is 5.32 Å². The summed E-state index contributed by atoms with van der Waals surface area (Å²) in [5, 5.41) is 3.32. The van der Waals surface area contributed by atoms with Gasteiger partial charge in [-0.05, 0) is 55.7 Å². The lowest BCUT2D eigenvalue weighted by molar-refractivity contribution is -0.119. The number of aryl methyl sites for hydroxylation is 2. The first kappa shape index (κ1) is 24.1. The number of hydrogen-bond donors (Lipinski definition) is 1. The van der Waals surface area contributed by atoms with Gasteiger partial charge in [0.2, 0.25) is 5.91 Å². The van der Waals surface area contributed by atoms with Crippen molar-refractivity contribution >= 4 is 44.8 Å². The molecule has 3 aromatic carbocycles. The van der Waals surface area contributed by atoms with Crippen LogP contribution in [0.2, 0.25) is 10.0 Å². The SMILES string of the molecule is Cc1cccc(CCCNC(=O)CN(c2ccc(Cl)c(Cl)c2)S(=O)(=O)c2ccccc2)c1. The fraction of sp³-hybridized carbons (Fsp3) is 0.208. The number of rotatable bonds is 9. The van der Waals surface area contributed by atoms with E-state index in [1.54, 1.807) is 18.2 Å². The smallest absolute Gasteiger partial charge is 0.264 e. The van der Waals surface area contributed by atoms with Crippen molar-refractivity contribution in [1.29, 1.82) is 0 Å². The van der Waals surface area contributed by atoms with E-state index in [-0.39, 0.29) is 22.2 Å². The Morgan fingerprint density at radius 1 is 0.938 bits per heavy atom. The first-order chi connectivity index (χ1) is 15.3. The van der Waals surface area contributed by atoms with Gasteiger partial charge >= 0.3 is 0 Å². The maximum Gasteiger partial charge on any atom is 0.264 e. The minimum Gasteiger partial charge on any atom is -0.355 e. The summed E-state index contributed by atoms with van der Waals surface area (Å²) >= 11 is 12.1. The summed E-state index contributed by atoms with van der Waals surface area (Å²) in [6, 6.07) is 20.6.